The summed E-state index contributed by atoms with van der Waals surface area (Å²) in [6.45, 7) is 11.1. The van der Waals surface area contributed by atoms with Crippen LogP contribution in [0.5, 0.6) is 0 Å². The molecule has 0 radical (unpaired) electrons. The lowest BCUT2D eigenvalue weighted by atomic mass is 10.0. The highest BCUT2D eigenvalue weighted by atomic mass is 79.9. The Morgan fingerprint density at radius 1 is 1.35 bits per heavy atom. The smallest absolute Gasteiger partial charge is 0.193 e. The fourth-order valence-corrected chi connectivity index (χ4v) is 3.54. The van der Waals surface area contributed by atoms with E-state index in [1.54, 1.807) is 0 Å². The first-order valence-corrected chi connectivity index (χ1v) is 9.72. The average molecular weight is 321 g/mol. The quantitative estimate of drug-likeness (QED) is 0.628. The van der Waals surface area contributed by atoms with Crippen LogP contribution in [-0.2, 0) is 9.16 Å². The summed E-state index contributed by atoms with van der Waals surface area (Å²) >= 11 is 3.39. The Kier molecular flexibility index (Phi) is 3.37. The molecule has 3 nitrogen and oxygen atoms in total. The maximum absolute atomic E-state index is 9.78. The van der Waals surface area contributed by atoms with Gasteiger partial charge in [-0.2, -0.15) is 0 Å². The van der Waals surface area contributed by atoms with Gasteiger partial charge in [0.15, 0.2) is 8.32 Å². The summed E-state index contributed by atoms with van der Waals surface area (Å²) in [4.78, 5) is 0. The molecule has 1 aliphatic carbocycles. The Balaban J connectivity index is 2.11. The van der Waals surface area contributed by atoms with Crippen LogP contribution in [0.4, 0.5) is 0 Å². The highest BCUT2D eigenvalue weighted by Gasteiger charge is 2.55. The lowest BCUT2D eigenvalue weighted by Gasteiger charge is -2.39. The Morgan fingerprint density at radius 2 is 1.94 bits per heavy atom. The molecule has 98 valence electrons. The summed E-state index contributed by atoms with van der Waals surface area (Å²) < 4.78 is 12.6. The fourth-order valence-electron chi connectivity index (χ4n) is 1.78. The molecule has 0 aromatic carbocycles. The number of hydrogen-bond donors (Lipinski definition) is 1. The van der Waals surface area contributed by atoms with Crippen LogP contribution in [0.2, 0.25) is 18.1 Å². The largest absolute Gasteiger partial charge is 0.408 e. The SMILES string of the molecule is CC(C)(C)[Si](C)(C)O[C@@H]1C=C(Br)[C@@H](O)[C@H]2O[C@H]21. The predicted molar refractivity (Wildman–Crippen MR) is 73.7 cm³/mol. The van der Waals surface area contributed by atoms with Crippen molar-refractivity contribution in [3.05, 3.63) is 10.6 Å². The van der Waals surface area contributed by atoms with Crippen molar-refractivity contribution in [2.75, 3.05) is 0 Å². The van der Waals surface area contributed by atoms with E-state index in [2.05, 4.69) is 49.8 Å². The van der Waals surface area contributed by atoms with E-state index in [4.69, 9.17) is 9.16 Å². The van der Waals surface area contributed by atoms with E-state index in [1.165, 1.54) is 0 Å². The normalized spacial score (nSPS) is 37.5. The number of halogens is 1. The molecule has 0 saturated carbocycles. The molecule has 0 aromatic heterocycles. The highest BCUT2D eigenvalue weighted by Crippen LogP contribution is 2.44. The number of epoxide rings is 1. The summed E-state index contributed by atoms with van der Waals surface area (Å²) in [6, 6.07) is 0. The summed E-state index contributed by atoms with van der Waals surface area (Å²) in [6.07, 6.45) is 1.39. The minimum Gasteiger partial charge on any atom is -0.408 e. The molecule has 0 amide bonds. The zero-order valence-electron chi connectivity index (χ0n) is 11.0. The summed E-state index contributed by atoms with van der Waals surface area (Å²) in [5.41, 5.74) is 0. The van der Waals surface area contributed by atoms with Gasteiger partial charge < -0.3 is 14.3 Å². The molecule has 0 aromatic rings. The number of hydrogen-bond acceptors (Lipinski definition) is 3. The molecule has 4 atom stereocenters. The molecule has 2 rings (SSSR count). The maximum atomic E-state index is 9.78. The van der Waals surface area contributed by atoms with Gasteiger partial charge in [-0.05, 0) is 24.2 Å². The van der Waals surface area contributed by atoms with E-state index in [0.29, 0.717) is 0 Å². The number of aliphatic hydroxyl groups excluding tert-OH is 1. The summed E-state index contributed by atoms with van der Waals surface area (Å²) in [5, 5.41) is 9.97. The maximum Gasteiger partial charge on any atom is 0.193 e. The third-order valence-electron chi connectivity index (χ3n) is 4.04. The van der Waals surface area contributed by atoms with Crippen molar-refractivity contribution >= 4 is 24.2 Å². The first-order chi connectivity index (χ1) is 7.63. The summed E-state index contributed by atoms with van der Waals surface area (Å²) in [7, 11) is -1.79. The molecule has 0 unspecified atom stereocenters. The van der Waals surface area contributed by atoms with E-state index in [1.807, 2.05) is 6.08 Å². The van der Waals surface area contributed by atoms with Crippen LogP contribution in [0.3, 0.4) is 0 Å². The molecule has 1 fully saturated rings. The lowest BCUT2D eigenvalue weighted by molar-refractivity contribution is 0.173. The Bertz CT molecular complexity index is 348. The Hall–Kier alpha value is 0.317. The van der Waals surface area contributed by atoms with E-state index >= 15 is 0 Å². The number of ether oxygens (including phenoxy) is 1. The van der Waals surface area contributed by atoms with Gasteiger partial charge in [0.1, 0.15) is 18.3 Å². The van der Waals surface area contributed by atoms with Crippen molar-refractivity contribution in [1.29, 1.82) is 0 Å². The van der Waals surface area contributed by atoms with Crippen LogP contribution in [0, 0.1) is 0 Å². The van der Waals surface area contributed by atoms with Gasteiger partial charge in [-0.15, -0.1) is 0 Å². The second-order valence-electron chi connectivity index (χ2n) is 6.40. The second-order valence-corrected chi connectivity index (χ2v) is 12.1. The third kappa shape index (κ3) is 2.54. The zero-order valence-corrected chi connectivity index (χ0v) is 13.6. The van der Waals surface area contributed by atoms with Gasteiger partial charge in [-0.1, -0.05) is 36.7 Å². The van der Waals surface area contributed by atoms with E-state index in [-0.39, 0.29) is 23.4 Å². The molecule has 1 saturated heterocycles. The standard InChI is InChI=1S/C12H21BrO3Si/c1-12(2,3)17(4,5)16-8-6-7(13)9(14)11-10(8)15-11/h6,8-11,14H,1-5H3/t8-,9-,10+,11-/m1/s1. The minimum absolute atomic E-state index is 0.0151. The number of aliphatic hydroxyl groups is 1. The monoisotopic (exact) mass is 320 g/mol. The second kappa shape index (κ2) is 4.16. The van der Waals surface area contributed by atoms with Gasteiger partial charge in [-0.3, -0.25) is 0 Å². The first-order valence-electron chi connectivity index (χ1n) is 6.02. The van der Waals surface area contributed by atoms with Crippen molar-refractivity contribution < 1.29 is 14.3 Å². The van der Waals surface area contributed by atoms with Gasteiger partial charge in [0.2, 0.25) is 0 Å². The van der Waals surface area contributed by atoms with Crippen molar-refractivity contribution in [3.63, 3.8) is 0 Å². The number of fused-ring (bicyclic) bond motifs is 1. The minimum atomic E-state index is -1.79. The van der Waals surface area contributed by atoms with Gasteiger partial charge in [0.25, 0.3) is 0 Å². The molecular formula is C12H21BrO3Si. The van der Waals surface area contributed by atoms with Crippen LogP contribution in [-0.4, -0.2) is 37.8 Å². The highest BCUT2D eigenvalue weighted by molar-refractivity contribution is 9.11. The van der Waals surface area contributed by atoms with Gasteiger partial charge in [0, 0.05) is 4.48 Å². The van der Waals surface area contributed by atoms with E-state index in [0.717, 1.165) is 4.48 Å². The molecule has 5 heteroatoms. The molecule has 1 heterocycles. The van der Waals surface area contributed by atoms with Crippen molar-refractivity contribution in [3.8, 4) is 0 Å². The fraction of sp³-hybridized carbons (Fsp3) is 0.833. The zero-order chi connectivity index (χ0) is 13.0. The Labute approximate surface area is 112 Å². The van der Waals surface area contributed by atoms with Crippen LogP contribution in [0.15, 0.2) is 10.6 Å². The molecular weight excluding hydrogens is 300 g/mol. The molecule has 2 aliphatic rings. The van der Waals surface area contributed by atoms with Crippen LogP contribution in [0.1, 0.15) is 20.8 Å². The van der Waals surface area contributed by atoms with Gasteiger partial charge in [-0.25, -0.2) is 0 Å². The van der Waals surface area contributed by atoms with E-state index in [9.17, 15) is 5.11 Å². The van der Waals surface area contributed by atoms with Crippen LogP contribution in [0.25, 0.3) is 0 Å². The van der Waals surface area contributed by atoms with Crippen LogP contribution >= 0.6 is 15.9 Å². The van der Waals surface area contributed by atoms with Gasteiger partial charge >= 0.3 is 0 Å². The van der Waals surface area contributed by atoms with Gasteiger partial charge in [0.05, 0.1) is 6.10 Å². The molecule has 17 heavy (non-hydrogen) atoms. The first kappa shape index (κ1) is 13.7. The summed E-state index contributed by atoms with van der Waals surface area (Å²) in [5.74, 6) is 0. The van der Waals surface area contributed by atoms with Crippen molar-refractivity contribution in [2.45, 2.75) is 63.3 Å². The van der Waals surface area contributed by atoms with Crippen molar-refractivity contribution in [2.24, 2.45) is 0 Å². The number of rotatable bonds is 2. The Morgan fingerprint density at radius 3 is 2.47 bits per heavy atom. The molecule has 0 spiro atoms. The van der Waals surface area contributed by atoms with Crippen LogP contribution < -0.4 is 0 Å². The predicted octanol–water partition coefficient (Wildman–Crippen LogP) is 2.80. The molecule has 1 N–H and O–H groups in total. The third-order valence-corrected chi connectivity index (χ3v) is 9.25. The van der Waals surface area contributed by atoms with Crippen molar-refractivity contribution in [1.82, 2.24) is 0 Å². The molecule has 1 aliphatic heterocycles. The lowest BCUT2D eigenvalue weighted by Crippen LogP contribution is -2.46. The topological polar surface area (TPSA) is 42.0 Å². The van der Waals surface area contributed by atoms with E-state index < -0.39 is 14.4 Å². The molecule has 0 bridgehead atoms. The average Bonchev–Trinajstić information content (AvgIpc) is 2.91.